The van der Waals surface area contributed by atoms with Crippen LogP contribution in [0.2, 0.25) is 5.15 Å². The van der Waals surface area contributed by atoms with Crippen LogP contribution in [0.3, 0.4) is 0 Å². The van der Waals surface area contributed by atoms with E-state index in [4.69, 9.17) is 16.7 Å². The van der Waals surface area contributed by atoms with Crippen molar-refractivity contribution in [2.75, 3.05) is 25.5 Å². The molecule has 0 saturated carbocycles. The van der Waals surface area contributed by atoms with Gasteiger partial charge in [-0.05, 0) is 38.6 Å². The van der Waals surface area contributed by atoms with Crippen molar-refractivity contribution in [2.45, 2.75) is 18.9 Å². The molecule has 1 saturated heterocycles. The average molecular weight is 270 g/mol. The Morgan fingerprint density at radius 2 is 2.39 bits per heavy atom. The second-order valence-electron chi connectivity index (χ2n) is 4.58. The first kappa shape index (κ1) is 13.1. The number of carboxylic acid groups (broad SMARTS) is 1. The van der Waals surface area contributed by atoms with Crippen molar-refractivity contribution in [3.8, 4) is 0 Å². The summed E-state index contributed by atoms with van der Waals surface area (Å²) in [4.78, 5) is 17.4. The maximum atomic E-state index is 11.1. The Bertz CT molecular complexity index is 453. The Labute approximate surface area is 111 Å². The highest BCUT2D eigenvalue weighted by Crippen LogP contribution is 2.20. The number of hydrogen-bond acceptors (Lipinski definition) is 4. The smallest absolute Gasteiger partial charge is 0.339 e. The lowest BCUT2D eigenvalue weighted by Crippen LogP contribution is -2.40. The summed E-state index contributed by atoms with van der Waals surface area (Å²) in [6, 6.07) is 3.18. The number of anilines is 1. The molecule has 6 heteroatoms. The minimum absolute atomic E-state index is 0.160. The molecule has 1 atom stereocenters. The van der Waals surface area contributed by atoms with Gasteiger partial charge >= 0.3 is 5.97 Å². The molecule has 1 fully saturated rings. The maximum absolute atomic E-state index is 11.1. The van der Waals surface area contributed by atoms with Gasteiger partial charge in [-0.15, -0.1) is 0 Å². The van der Waals surface area contributed by atoms with Crippen molar-refractivity contribution in [3.63, 3.8) is 0 Å². The molecule has 0 aliphatic carbocycles. The van der Waals surface area contributed by atoms with Crippen LogP contribution in [0.4, 0.5) is 5.82 Å². The third-order valence-corrected chi connectivity index (χ3v) is 3.27. The summed E-state index contributed by atoms with van der Waals surface area (Å²) in [5.41, 5.74) is 0.160. The highest BCUT2D eigenvalue weighted by atomic mass is 35.5. The zero-order valence-electron chi connectivity index (χ0n) is 10.2. The van der Waals surface area contributed by atoms with E-state index in [9.17, 15) is 4.79 Å². The number of nitrogens with one attached hydrogen (secondary N) is 1. The van der Waals surface area contributed by atoms with Crippen LogP contribution < -0.4 is 5.32 Å². The van der Waals surface area contributed by atoms with E-state index in [0.717, 1.165) is 25.9 Å². The third-order valence-electron chi connectivity index (χ3n) is 3.06. The van der Waals surface area contributed by atoms with Crippen molar-refractivity contribution in [3.05, 3.63) is 22.8 Å². The van der Waals surface area contributed by atoms with E-state index in [0.29, 0.717) is 11.0 Å². The monoisotopic (exact) mass is 269 g/mol. The molecule has 0 radical (unpaired) electrons. The predicted octanol–water partition coefficient (Wildman–Crippen LogP) is 1.94. The Kier molecular flexibility index (Phi) is 4.04. The summed E-state index contributed by atoms with van der Waals surface area (Å²) in [5, 5.41) is 12.6. The first-order valence-corrected chi connectivity index (χ1v) is 6.29. The van der Waals surface area contributed by atoms with Crippen molar-refractivity contribution in [2.24, 2.45) is 0 Å². The molecular weight excluding hydrogens is 254 g/mol. The van der Waals surface area contributed by atoms with Crippen molar-refractivity contribution < 1.29 is 9.90 Å². The number of piperidine rings is 1. The van der Waals surface area contributed by atoms with Gasteiger partial charge in [0.05, 0.1) is 0 Å². The van der Waals surface area contributed by atoms with Crippen molar-refractivity contribution in [1.29, 1.82) is 0 Å². The summed E-state index contributed by atoms with van der Waals surface area (Å²) < 4.78 is 0. The highest BCUT2D eigenvalue weighted by molar-refractivity contribution is 6.29. The SMILES string of the molecule is CN1CCCC(Nc2nc(Cl)ccc2C(=O)O)C1. The summed E-state index contributed by atoms with van der Waals surface area (Å²) in [6.45, 7) is 1.96. The number of carbonyl (C=O) groups is 1. The number of likely N-dealkylation sites (tertiary alicyclic amines) is 1. The van der Waals surface area contributed by atoms with Crippen LogP contribution in [-0.4, -0.2) is 47.1 Å². The number of aromatic nitrogens is 1. The Hall–Kier alpha value is -1.33. The lowest BCUT2D eigenvalue weighted by atomic mass is 10.1. The van der Waals surface area contributed by atoms with Gasteiger partial charge in [0.2, 0.25) is 0 Å². The Morgan fingerprint density at radius 1 is 1.61 bits per heavy atom. The van der Waals surface area contributed by atoms with Crippen LogP contribution in [0.25, 0.3) is 0 Å². The molecule has 1 aromatic heterocycles. The molecule has 1 aromatic rings. The van der Waals surface area contributed by atoms with Crippen LogP contribution in [0.1, 0.15) is 23.2 Å². The Balaban J connectivity index is 2.16. The second kappa shape index (κ2) is 5.54. The normalized spacial score (nSPS) is 20.7. The van der Waals surface area contributed by atoms with E-state index in [-0.39, 0.29) is 11.6 Å². The summed E-state index contributed by atoms with van der Waals surface area (Å²) >= 11 is 5.81. The van der Waals surface area contributed by atoms with Gasteiger partial charge in [-0.25, -0.2) is 9.78 Å². The summed E-state index contributed by atoms with van der Waals surface area (Å²) in [7, 11) is 2.05. The van der Waals surface area contributed by atoms with Gasteiger partial charge in [0.25, 0.3) is 0 Å². The number of halogens is 1. The minimum atomic E-state index is -0.995. The van der Waals surface area contributed by atoms with Gasteiger partial charge in [-0.2, -0.15) is 0 Å². The lowest BCUT2D eigenvalue weighted by Gasteiger charge is -2.30. The van der Waals surface area contributed by atoms with E-state index in [1.807, 2.05) is 0 Å². The molecule has 0 bridgehead atoms. The molecule has 0 spiro atoms. The van der Waals surface area contributed by atoms with E-state index in [1.165, 1.54) is 12.1 Å². The number of hydrogen-bond donors (Lipinski definition) is 2. The minimum Gasteiger partial charge on any atom is -0.478 e. The summed E-state index contributed by atoms with van der Waals surface area (Å²) in [5.74, 6) is -0.638. The fourth-order valence-corrected chi connectivity index (χ4v) is 2.34. The van der Waals surface area contributed by atoms with Gasteiger partial charge < -0.3 is 15.3 Å². The molecular formula is C12H16ClN3O2. The zero-order valence-corrected chi connectivity index (χ0v) is 10.9. The molecule has 2 rings (SSSR count). The molecule has 2 heterocycles. The molecule has 18 heavy (non-hydrogen) atoms. The van der Waals surface area contributed by atoms with Crippen LogP contribution in [-0.2, 0) is 0 Å². The van der Waals surface area contributed by atoms with Crippen LogP contribution >= 0.6 is 11.6 Å². The average Bonchev–Trinajstić information content (AvgIpc) is 2.28. The molecule has 5 nitrogen and oxygen atoms in total. The van der Waals surface area contributed by atoms with Gasteiger partial charge in [0.15, 0.2) is 0 Å². The van der Waals surface area contributed by atoms with E-state index in [1.54, 1.807) is 0 Å². The quantitative estimate of drug-likeness (QED) is 0.821. The fourth-order valence-electron chi connectivity index (χ4n) is 2.20. The molecule has 1 unspecified atom stereocenters. The van der Waals surface area contributed by atoms with Gasteiger partial charge in [0, 0.05) is 12.6 Å². The Morgan fingerprint density at radius 3 is 3.06 bits per heavy atom. The van der Waals surface area contributed by atoms with Crippen LogP contribution in [0.15, 0.2) is 12.1 Å². The fraction of sp³-hybridized carbons (Fsp3) is 0.500. The number of nitrogens with zero attached hydrogens (tertiary/aromatic N) is 2. The molecule has 98 valence electrons. The lowest BCUT2D eigenvalue weighted by molar-refractivity contribution is 0.0697. The largest absolute Gasteiger partial charge is 0.478 e. The number of pyridine rings is 1. The maximum Gasteiger partial charge on any atom is 0.339 e. The second-order valence-corrected chi connectivity index (χ2v) is 4.97. The van der Waals surface area contributed by atoms with Crippen molar-refractivity contribution >= 4 is 23.4 Å². The standard InChI is InChI=1S/C12H16ClN3O2/c1-16-6-2-3-8(7-16)14-11-9(12(17)18)4-5-10(13)15-11/h4-5,8H,2-3,6-7H2,1H3,(H,14,15)(H,17,18). The zero-order chi connectivity index (χ0) is 13.1. The van der Waals surface area contributed by atoms with Gasteiger partial charge in [-0.1, -0.05) is 11.6 Å². The molecule has 1 aliphatic rings. The van der Waals surface area contributed by atoms with E-state index in [2.05, 4.69) is 22.2 Å². The van der Waals surface area contributed by atoms with Crippen LogP contribution in [0, 0.1) is 0 Å². The van der Waals surface area contributed by atoms with E-state index < -0.39 is 5.97 Å². The van der Waals surface area contributed by atoms with Gasteiger partial charge in [-0.3, -0.25) is 0 Å². The molecule has 1 aliphatic heterocycles. The first-order valence-electron chi connectivity index (χ1n) is 5.91. The third kappa shape index (κ3) is 3.11. The highest BCUT2D eigenvalue weighted by Gasteiger charge is 2.20. The van der Waals surface area contributed by atoms with Crippen molar-refractivity contribution in [1.82, 2.24) is 9.88 Å². The van der Waals surface area contributed by atoms with Gasteiger partial charge in [0.1, 0.15) is 16.5 Å². The molecule has 0 aromatic carbocycles. The predicted molar refractivity (Wildman–Crippen MR) is 70.3 cm³/mol. The molecule has 2 N–H and O–H groups in total. The number of likely N-dealkylation sites (N-methyl/N-ethyl adjacent to an activating group) is 1. The number of carboxylic acids is 1. The van der Waals surface area contributed by atoms with E-state index >= 15 is 0 Å². The topological polar surface area (TPSA) is 65.5 Å². The number of aromatic carboxylic acids is 1. The first-order chi connectivity index (χ1) is 8.56. The summed E-state index contributed by atoms with van der Waals surface area (Å²) in [6.07, 6.45) is 2.11. The molecule has 0 amide bonds. The number of rotatable bonds is 3. The van der Waals surface area contributed by atoms with Crippen LogP contribution in [0.5, 0.6) is 0 Å².